The van der Waals surface area contributed by atoms with Crippen molar-refractivity contribution in [2.45, 2.75) is 122 Å². The summed E-state index contributed by atoms with van der Waals surface area (Å²) in [6.45, 7) is 3.34. The number of rotatable bonds is 35. The van der Waals surface area contributed by atoms with Crippen LogP contribution < -0.4 is 21.3 Å². The minimum Gasteiger partial charge on any atom is -0.481 e. The van der Waals surface area contributed by atoms with Crippen molar-refractivity contribution in [1.82, 2.24) is 21.3 Å². The SMILES string of the molecule is CNC(CSCC(=O)NCCOCCOCCNC(=O)CCC(NC(=O)CCCCCCCCCCCCCCC(=O)O)C(=O)O)C(C)=O. The number of carboxylic acids is 2. The summed E-state index contributed by atoms with van der Waals surface area (Å²) in [5.74, 6) is -1.85. The van der Waals surface area contributed by atoms with Crippen molar-refractivity contribution in [3.63, 3.8) is 0 Å². The van der Waals surface area contributed by atoms with E-state index in [1.54, 1.807) is 7.05 Å². The van der Waals surface area contributed by atoms with Crippen LogP contribution in [-0.4, -0.2) is 116 Å². The predicted molar refractivity (Wildman–Crippen MR) is 190 cm³/mol. The van der Waals surface area contributed by atoms with Gasteiger partial charge in [0.25, 0.3) is 0 Å². The third-order valence-electron chi connectivity index (χ3n) is 7.70. The first-order chi connectivity index (χ1) is 23.6. The van der Waals surface area contributed by atoms with Gasteiger partial charge >= 0.3 is 11.9 Å². The summed E-state index contributed by atoms with van der Waals surface area (Å²) in [4.78, 5) is 69.6. The number of amides is 3. The molecule has 0 aromatic rings. The zero-order valence-corrected chi connectivity index (χ0v) is 30.5. The first kappa shape index (κ1) is 46.2. The molecule has 2 atom stereocenters. The van der Waals surface area contributed by atoms with Crippen molar-refractivity contribution in [2.24, 2.45) is 0 Å². The lowest BCUT2D eigenvalue weighted by atomic mass is 10.0. The van der Waals surface area contributed by atoms with Gasteiger partial charge in [0.05, 0.1) is 38.2 Å². The van der Waals surface area contributed by atoms with Gasteiger partial charge in [0.15, 0.2) is 0 Å². The largest absolute Gasteiger partial charge is 0.481 e. The maximum atomic E-state index is 12.2. The number of ether oxygens (including phenoxy) is 2. The first-order valence-corrected chi connectivity index (χ1v) is 18.9. The van der Waals surface area contributed by atoms with Gasteiger partial charge < -0.3 is 41.0 Å². The smallest absolute Gasteiger partial charge is 0.326 e. The van der Waals surface area contributed by atoms with Crippen LogP contribution in [0.3, 0.4) is 0 Å². The quantitative estimate of drug-likeness (QED) is 0.0523. The molecular weight excluding hydrogens is 656 g/mol. The summed E-state index contributed by atoms with van der Waals surface area (Å²) in [6, 6.07) is -1.38. The molecule has 0 bridgehead atoms. The molecule has 0 saturated heterocycles. The van der Waals surface area contributed by atoms with Gasteiger partial charge in [0.1, 0.15) is 11.8 Å². The molecule has 0 heterocycles. The van der Waals surface area contributed by atoms with Crippen LogP contribution in [-0.2, 0) is 38.2 Å². The monoisotopic (exact) mass is 718 g/mol. The average Bonchev–Trinajstić information content (AvgIpc) is 3.05. The summed E-state index contributed by atoms with van der Waals surface area (Å²) in [7, 11) is 1.71. The van der Waals surface area contributed by atoms with E-state index < -0.39 is 18.0 Å². The minimum atomic E-state index is -1.17. The van der Waals surface area contributed by atoms with E-state index in [0.29, 0.717) is 38.5 Å². The highest BCUT2D eigenvalue weighted by molar-refractivity contribution is 8.00. The Bertz CT molecular complexity index is 941. The Morgan fingerprint density at radius 3 is 1.57 bits per heavy atom. The summed E-state index contributed by atoms with van der Waals surface area (Å²) in [5, 5.41) is 28.9. The number of thioether (sulfide) groups is 1. The Balaban J connectivity index is 3.72. The molecule has 0 saturated carbocycles. The number of carbonyl (C=O) groups is 6. The summed E-state index contributed by atoms with van der Waals surface area (Å²) in [6.07, 6.45) is 12.9. The molecule has 3 amide bonds. The van der Waals surface area contributed by atoms with Gasteiger partial charge in [-0.2, -0.15) is 0 Å². The second-order valence-corrected chi connectivity index (χ2v) is 13.1. The van der Waals surface area contributed by atoms with Gasteiger partial charge in [-0.05, 0) is 33.2 Å². The van der Waals surface area contributed by atoms with Crippen LogP contribution in [0.2, 0.25) is 0 Å². The second kappa shape index (κ2) is 32.5. The lowest BCUT2D eigenvalue weighted by molar-refractivity contribution is -0.142. The number of nitrogens with one attached hydrogen (secondary N) is 4. The first-order valence-electron chi connectivity index (χ1n) is 17.7. The van der Waals surface area contributed by atoms with E-state index in [0.717, 1.165) is 51.4 Å². The molecule has 0 aliphatic rings. The number of aliphatic carboxylic acids is 2. The highest BCUT2D eigenvalue weighted by Crippen LogP contribution is 2.13. The Morgan fingerprint density at radius 1 is 0.612 bits per heavy atom. The van der Waals surface area contributed by atoms with Crippen molar-refractivity contribution in [3.05, 3.63) is 0 Å². The van der Waals surface area contributed by atoms with E-state index in [-0.39, 0.29) is 74.1 Å². The topological polar surface area (TPSA) is 209 Å². The molecule has 15 heteroatoms. The van der Waals surface area contributed by atoms with Crippen molar-refractivity contribution in [1.29, 1.82) is 0 Å². The zero-order valence-electron chi connectivity index (χ0n) is 29.7. The molecule has 0 aromatic heterocycles. The van der Waals surface area contributed by atoms with Gasteiger partial charge in [0.2, 0.25) is 17.7 Å². The third kappa shape index (κ3) is 31.0. The number of carboxylic acid groups (broad SMARTS) is 2. The van der Waals surface area contributed by atoms with Crippen LogP contribution in [0, 0.1) is 0 Å². The van der Waals surface area contributed by atoms with Crippen LogP contribution in [0.4, 0.5) is 0 Å². The molecule has 0 aromatic carbocycles. The average molecular weight is 719 g/mol. The van der Waals surface area contributed by atoms with Crippen LogP contribution >= 0.6 is 11.8 Å². The maximum absolute atomic E-state index is 12.2. The van der Waals surface area contributed by atoms with E-state index in [2.05, 4.69) is 21.3 Å². The molecule has 6 N–H and O–H groups in total. The summed E-state index contributed by atoms with van der Waals surface area (Å²) < 4.78 is 10.8. The molecule has 0 aliphatic heterocycles. The Kier molecular flexibility index (Phi) is 30.6. The molecule has 0 rings (SSSR count). The fourth-order valence-electron chi connectivity index (χ4n) is 4.79. The Hall–Kier alpha value is -2.75. The number of Topliss-reactive ketones (excluding diaryl/α,β-unsaturated/α-hetero) is 1. The van der Waals surface area contributed by atoms with Gasteiger partial charge in [0, 0.05) is 38.1 Å². The molecule has 49 heavy (non-hydrogen) atoms. The fraction of sp³-hybridized carbons (Fsp3) is 0.824. The lowest BCUT2D eigenvalue weighted by Gasteiger charge is -2.14. The minimum absolute atomic E-state index is 0.00591. The molecular formula is C34H62N4O10S. The summed E-state index contributed by atoms with van der Waals surface area (Å²) in [5.41, 5.74) is 0. The zero-order chi connectivity index (χ0) is 36.5. The number of hydrogen-bond acceptors (Lipinski definition) is 10. The highest BCUT2D eigenvalue weighted by Gasteiger charge is 2.20. The molecule has 2 unspecified atom stereocenters. The van der Waals surface area contributed by atoms with Crippen LogP contribution in [0.5, 0.6) is 0 Å². The second-order valence-electron chi connectivity index (χ2n) is 12.0. The Morgan fingerprint density at radius 2 is 1.10 bits per heavy atom. The van der Waals surface area contributed by atoms with E-state index in [1.807, 2.05) is 0 Å². The standard InChI is InChI=1S/C34H62N4O10S/c1-27(39)29(35-2)25-49-26-32(42)37-20-22-48-24-23-47-21-19-36-30(40)18-17-28(34(45)46)38-31(41)15-13-11-9-7-5-3-4-6-8-10-12-14-16-33(43)44/h28-29,35H,3-26H2,1-2H3,(H,36,40)(H,37,42)(H,38,41)(H,43,44)(H,45,46). The molecule has 284 valence electrons. The van der Waals surface area contributed by atoms with Crippen molar-refractivity contribution in [3.8, 4) is 0 Å². The maximum Gasteiger partial charge on any atom is 0.326 e. The van der Waals surface area contributed by atoms with Crippen LogP contribution in [0.1, 0.15) is 110 Å². The van der Waals surface area contributed by atoms with E-state index in [1.165, 1.54) is 37.9 Å². The number of carbonyl (C=O) groups excluding carboxylic acids is 4. The van der Waals surface area contributed by atoms with Gasteiger partial charge in [-0.1, -0.05) is 64.2 Å². The molecule has 0 aliphatic carbocycles. The van der Waals surface area contributed by atoms with Gasteiger partial charge in [-0.25, -0.2) is 4.79 Å². The number of unbranched alkanes of at least 4 members (excludes halogenated alkanes) is 11. The van der Waals surface area contributed by atoms with Gasteiger partial charge in [-0.3, -0.25) is 24.0 Å². The number of hydrogen-bond donors (Lipinski definition) is 6. The summed E-state index contributed by atoms with van der Waals surface area (Å²) >= 11 is 1.38. The van der Waals surface area contributed by atoms with E-state index in [4.69, 9.17) is 14.6 Å². The van der Waals surface area contributed by atoms with E-state index >= 15 is 0 Å². The molecule has 14 nitrogen and oxygen atoms in total. The van der Waals surface area contributed by atoms with Gasteiger partial charge in [-0.15, -0.1) is 11.8 Å². The predicted octanol–water partition coefficient (Wildman–Crippen LogP) is 3.06. The molecule has 0 radical (unpaired) electrons. The van der Waals surface area contributed by atoms with Crippen molar-refractivity contribution in [2.75, 3.05) is 58.1 Å². The number of ketones is 1. The normalized spacial score (nSPS) is 12.2. The van der Waals surface area contributed by atoms with Crippen LogP contribution in [0.15, 0.2) is 0 Å². The van der Waals surface area contributed by atoms with Crippen LogP contribution in [0.25, 0.3) is 0 Å². The molecule has 0 fully saturated rings. The third-order valence-corrected chi connectivity index (χ3v) is 8.74. The lowest BCUT2D eigenvalue weighted by Crippen LogP contribution is -2.41. The van der Waals surface area contributed by atoms with Crippen molar-refractivity contribution >= 4 is 47.2 Å². The van der Waals surface area contributed by atoms with E-state index in [9.17, 15) is 33.9 Å². The highest BCUT2D eigenvalue weighted by atomic mass is 32.2. The number of likely N-dealkylation sites (N-methyl/N-ethyl adjacent to an activating group) is 1. The molecule has 0 spiro atoms. The Labute approximate surface area is 296 Å². The van der Waals surface area contributed by atoms with Crippen molar-refractivity contribution < 1.29 is 48.5 Å². The fourth-order valence-corrected chi connectivity index (χ4v) is 5.83.